The fourth-order valence-electron chi connectivity index (χ4n) is 5.22. The molecule has 0 unspecified atom stereocenters. The first-order chi connectivity index (χ1) is 22.3. The number of carbonyl (C=O) groups is 1. The Kier molecular flexibility index (Phi) is 11.1. The van der Waals surface area contributed by atoms with Crippen LogP contribution in [0.2, 0.25) is 5.02 Å². The first-order valence-electron chi connectivity index (χ1n) is 15.0. The molecule has 1 saturated heterocycles. The van der Waals surface area contributed by atoms with E-state index < -0.39 is 0 Å². The number of nitrogens with zero attached hydrogens (tertiary/aromatic N) is 4. The number of allylic oxidation sites excluding steroid dienone is 5. The van der Waals surface area contributed by atoms with E-state index in [1.165, 1.54) is 0 Å². The molecule has 1 fully saturated rings. The quantitative estimate of drug-likeness (QED) is 0.169. The minimum absolute atomic E-state index is 0.100. The Morgan fingerprint density at radius 3 is 2.67 bits per heavy atom. The van der Waals surface area contributed by atoms with E-state index >= 15 is 0 Å². The predicted octanol–water partition coefficient (Wildman–Crippen LogP) is 5.21. The van der Waals surface area contributed by atoms with Crippen LogP contribution in [0.25, 0.3) is 22.4 Å². The maximum absolute atomic E-state index is 11.5. The molecular formula is C34H37Cl2N7O3. The van der Waals surface area contributed by atoms with E-state index in [0.29, 0.717) is 71.3 Å². The number of carbonyl (C=O) groups excluding carboxylic acids is 1. The van der Waals surface area contributed by atoms with Crippen molar-refractivity contribution in [2.24, 2.45) is 4.99 Å². The van der Waals surface area contributed by atoms with Crippen LogP contribution in [0.1, 0.15) is 42.3 Å². The van der Waals surface area contributed by atoms with Gasteiger partial charge in [0.25, 0.3) is 0 Å². The van der Waals surface area contributed by atoms with Gasteiger partial charge in [0, 0.05) is 48.6 Å². The summed E-state index contributed by atoms with van der Waals surface area (Å²) in [6.45, 7) is 8.12. The van der Waals surface area contributed by atoms with Gasteiger partial charge < -0.3 is 25.4 Å². The van der Waals surface area contributed by atoms with Crippen LogP contribution >= 0.6 is 23.2 Å². The zero-order valence-corrected chi connectivity index (χ0v) is 27.6. The molecule has 240 valence electrons. The molecule has 0 radical (unpaired) electrons. The van der Waals surface area contributed by atoms with Crippen molar-refractivity contribution in [2.45, 2.75) is 38.4 Å². The van der Waals surface area contributed by atoms with Gasteiger partial charge in [-0.15, -0.1) is 11.6 Å². The molecule has 0 bridgehead atoms. The number of hydrogen-bond donors (Lipinski definition) is 3. The smallest absolute Gasteiger partial charge is 0.244 e. The standard InChI is InChI=1S/C34H37Cl2N7O3/c1-20(28-19-38-31(34(43-28)46-4)32-39-16-21(2)40-32)7-5-8-22(15-35)25-9-6-10-26(30(25)36)27-13-11-23(33(42-27)45-3)17-37-18-24-12-14-29(44)41-24/h5-11,13,19,21,24,37H,1,12,14-18H2,2-4H3,(H,39,40)(H,41,44)/b7-5-,22-8+/t21-,24-/m0/s1. The summed E-state index contributed by atoms with van der Waals surface area (Å²) in [5.74, 6) is 1.89. The second kappa shape index (κ2) is 15.4. The second-order valence-corrected chi connectivity index (χ2v) is 11.7. The number of amides is 1. The molecule has 0 saturated carbocycles. The number of hydrogen-bond acceptors (Lipinski definition) is 9. The third-order valence-corrected chi connectivity index (χ3v) is 8.37. The minimum Gasteiger partial charge on any atom is -0.481 e. The van der Waals surface area contributed by atoms with Crippen molar-refractivity contribution >= 4 is 46.1 Å². The zero-order valence-electron chi connectivity index (χ0n) is 26.1. The van der Waals surface area contributed by atoms with Crippen LogP contribution in [0.5, 0.6) is 11.8 Å². The van der Waals surface area contributed by atoms with Crippen molar-refractivity contribution < 1.29 is 14.3 Å². The highest BCUT2D eigenvalue weighted by molar-refractivity contribution is 6.35. The fraction of sp³-hybridized carbons (Fsp3) is 0.324. The number of aliphatic imine (C=N–C) groups is 1. The molecule has 0 spiro atoms. The zero-order chi connectivity index (χ0) is 32.6. The molecule has 2 aliphatic rings. The third kappa shape index (κ3) is 7.75. The van der Waals surface area contributed by atoms with Crippen molar-refractivity contribution in [1.82, 2.24) is 30.9 Å². The summed E-state index contributed by atoms with van der Waals surface area (Å²) in [7, 11) is 3.15. The molecule has 10 nitrogen and oxygen atoms in total. The van der Waals surface area contributed by atoms with Gasteiger partial charge in [-0.05, 0) is 36.1 Å². The van der Waals surface area contributed by atoms with Gasteiger partial charge in [0.05, 0.1) is 43.4 Å². The number of methoxy groups -OCH3 is 2. The largest absolute Gasteiger partial charge is 0.481 e. The molecule has 2 aliphatic heterocycles. The molecule has 3 aromatic rings. The van der Waals surface area contributed by atoms with E-state index in [1.54, 1.807) is 20.4 Å². The Morgan fingerprint density at radius 1 is 1.15 bits per heavy atom. The average Bonchev–Trinajstić information content (AvgIpc) is 3.70. The van der Waals surface area contributed by atoms with E-state index in [1.807, 2.05) is 48.6 Å². The lowest BCUT2D eigenvalue weighted by Gasteiger charge is -2.15. The van der Waals surface area contributed by atoms with Crippen LogP contribution in [0.3, 0.4) is 0 Å². The van der Waals surface area contributed by atoms with Crippen LogP contribution in [0.4, 0.5) is 0 Å². The van der Waals surface area contributed by atoms with E-state index in [2.05, 4.69) is 44.4 Å². The van der Waals surface area contributed by atoms with Crippen molar-refractivity contribution in [2.75, 3.05) is 33.2 Å². The van der Waals surface area contributed by atoms with Gasteiger partial charge in [-0.25, -0.2) is 15.0 Å². The lowest BCUT2D eigenvalue weighted by atomic mass is 10.0. The Bertz CT molecular complexity index is 1710. The highest BCUT2D eigenvalue weighted by Crippen LogP contribution is 2.35. The molecule has 0 aliphatic carbocycles. The van der Waals surface area contributed by atoms with Gasteiger partial charge in [0.15, 0.2) is 11.5 Å². The van der Waals surface area contributed by atoms with Crippen LogP contribution in [0.15, 0.2) is 66.3 Å². The molecule has 2 atom stereocenters. The normalized spacial score (nSPS) is 18.0. The fourth-order valence-corrected chi connectivity index (χ4v) is 5.80. The van der Waals surface area contributed by atoms with Gasteiger partial charge >= 0.3 is 0 Å². The van der Waals surface area contributed by atoms with Crippen molar-refractivity contribution in [1.29, 1.82) is 0 Å². The summed E-state index contributed by atoms with van der Waals surface area (Å²) in [6.07, 6.45) is 8.66. The lowest BCUT2D eigenvalue weighted by molar-refractivity contribution is -0.119. The topological polar surface area (TPSA) is 123 Å². The summed E-state index contributed by atoms with van der Waals surface area (Å²) in [5, 5.41) is 10.2. The van der Waals surface area contributed by atoms with Gasteiger partial charge in [-0.3, -0.25) is 9.79 Å². The number of alkyl halides is 1. The summed E-state index contributed by atoms with van der Waals surface area (Å²) in [4.78, 5) is 29.8. The Labute approximate surface area is 279 Å². The highest BCUT2D eigenvalue weighted by Gasteiger charge is 2.22. The monoisotopic (exact) mass is 661 g/mol. The molecule has 1 aromatic carbocycles. The van der Waals surface area contributed by atoms with E-state index in [9.17, 15) is 4.79 Å². The molecule has 1 amide bonds. The molecule has 46 heavy (non-hydrogen) atoms. The molecular weight excluding hydrogens is 625 g/mol. The number of ether oxygens (including phenoxy) is 2. The number of nitrogens with one attached hydrogen (secondary N) is 3. The van der Waals surface area contributed by atoms with E-state index in [0.717, 1.165) is 28.7 Å². The van der Waals surface area contributed by atoms with Crippen molar-refractivity contribution in [3.63, 3.8) is 0 Å². The molecule has 3 N–H and O–H groups in total. The summed E-state index contributed by atoms with van der Waals surface area (Å²) in [5.41, 5.74) is 5.75. The van der Waals surface area contributed by atoms with Gasteiger partial charge in [0.1, 0.15) is 0 Å². The Hall–Kier alpha value is -4.25. The number of rotatable bonds is 13. The highest BCUT2D eigenvalue weighted by atomic mass is 35.5. The summed E-state index contributed by atoms with van der Waals surface area (Å²) in [6, 6.07) is 10.0. The Morgan fingerprint density at radius 2 is 1.98 bits per heavy atom. The van der Waals surface area contributed by atoms with E-state index in [-0.39, 0.29) is 23.9 Å². The molecule has 12 heteroatoms. The van der Waals surface area contributed by atoms with Gasteiger partial charge in [0.2, 0.25) is 17.7 Å². The molecule has 4 heterocycles. The predicted molar refractivity (Wildman–Crippen MR) is 184 cm³/mol. The lowest BCUT2D eigenvalue weighted by Crippen LogP contribution is -2.35. The summed E-state index contributed by atoms with van der Waals surface area (Å²) >= 11 is 13.4. The van der Waals surface area contributed by atoms with Crippen molar-refractivity contribution in [3.05, 3.63) is 88.9 Å². The SMILES string of the molecule is C=C(/C=C\C=C(/CCl)c1cccc(-c2ccc(CNC[C@@H]3CCC(=O)N3)c(OC)n2)c1Cl)c1cnc(C2=NC[C@H](C)N2)c(OC)n1. The number of pyridine rings is 1. The molecule has 5 rings (SSSR count). The van der Waals surface area contributed by atoms with Gasteiger partial charge in [-0.2, -0.15) is 0 Å². The van der Waals surface area contributed by atoms with E-state index in [4.69, 9.17) is 37.7 Å². The first-order valence-corrected chi connectivity index (χ1v) is 15.9. The number of benzene rings is 1. The summed E-state index contributed by atoms with van der Waals surface area (Å²) < 4.78 is 11.1. The van der Waals surface area contributed by atoms with Crippen LogP contribution < -0.4 is 25.4 Å². The number of aromatic nitrogens is 3. The van der Waals surface area contributed by atoms with Crippen molar-refractivity contribution in [3.8, 4) is 23.0 Å². The number of halogens is 2. The molecule has 2 aromatic heterocycles. The average molecular weight is 663 g/mol. The second-order valence-electron chi connectivity index (χ2n) is 11.0. The maximum Gasteiger partial charge on any atom is 0.244 e. The Balaban J connectivity index is 1.30. The minimum atomic E-state index is 0.100. The maximum atomic E-state index is 11.5. The van der Waals surface area contributed by atoms with Crippen LogP contribution in [-0.2, 0) is 11.3 Å². The van der Waals surface area contributed by atoms with Crippen LogP contribution in [0, 0.1) is 0 Å². The first kappa shape index (κ1) is 33.1. The van der Waals surface area contributed by atoms with Gasteiger partial charge in [-0.1, -0.05) is 60.7 Å². The van der Waals surface area contributed by atoms with Crippen LogP contribution in [-0.4, -0.2) is 72.0 Å². The number of amidine groups is 1. The third-order valence-electron chi connectivity index (χ3n) is 7.68.